The Morgan fingerprint density at radius 1 is 1.17 bits per heavy atom. The van der Waals surface area contributed by atoms with E-state index in [1.54, 1.807) is 0 Å². The molecule has 0 amide bonds. The van der Waals surface area contributed by atoms with Crippen LogP contribution in [0.2, 0.25) is 0 Å². The number of nitrogens with zero attached hydrogens (tertiary/aromatic N) is 3. The topological polar surface area (TPSA) is 59.1 Å². The molecule has 0 saturated carbocycles. The molecule has 0 radical (unpaired) electrons. The van der Waals surface area contributed by atoms with E-state index in [1.165, 1.54) is 0 Å². The smallest absolute Gasteiger partial charge is 0.399 e. The number of nitriles is 1. The SMILES string of the molecule is CCN(c1c(C)c(C#N)cc2cc(B3OC(C)(C)C(C)(C)O3)cn12)C1CCOCC1. The molecule has 7 heteroatoms. The fraction of sp³-hybridized carbons (Fsp3) is 0.609. The van der Waals surface area contributed by atoms with E-state index in [0.29, 0.717) is 11.6 Å². The lowest BCUT2D eigenvalue weighted by Gasteiger charge is -2.36. The van der Waals surface area contributed by atoms with Gasteiger partial charge in [0, 0.05) is 48.5 Å². The zero-order valence-corrected chi connectivity index (χ0v) is 19.0. The zero-order valence-electron chi connectivity index (χ0n) is 19.0. The summed E-state index contributed by atoms with van der Waals surface area (Å²) in [5.74, 6) is 1.08. The summed E-state index contributed by atoms with van der Waals surface area (Å²) >= 11 is 0. The summed E-state index contributed by atoms with van der Waals surface area (Å²) in [5.41, 5.74) is 2.91. The summed E-state index contributed by atoms with van der Waals surface area (Å²) in [5, 5.41) is 9.78. The lowest BCUT2D eigenvalue weighted by atomic mass is 9.81. The molecule has 4 rings (SSSR count). The standard InChI is InChI=1S/C23H32BN3O3/c1-7-26(19-8-10-28-11-9-19)21-16(2)17(14-25)12-20-13-18(15-27(20)21)24-29-22(3,4)23(5,6)30-24/h12-13,15,19H,7-11H2,1-6H3. The quantitative estimate of drug-likeness (QED) is 0.725. The molecule has 160 valence electrons. The van der Waals surface area contributed by atoms with Crippen LogP contribution in [0.3, 0.4) is 0 Å². The Labute approximate surface area is 179 Å². The first-order valence-electron chi connectivity index (χ1n) is 10.9. The van der Waals surface area contributed by atoms with Gasteiger partial charge in [-0.15, -0.1) is 0 Å². The van der Waals surface area contributed by atoms with Crippen LogP contribution in [-0.2, 0) is 14.0 Å². The average Bonchev–Trinajstić information content (AvgIpc) is 3.22. The number of fused-ring (bicyclic) bond motifs is 1. The van der Waals surface area contributed by atoms with E-state index in [4.69, 9.17) is 14.0 Å². The Kier molecular flexibility index (Phi) is 5.38. The highest BCUT2D eigenvalue weighted by atomic mass is 16.7. The van der Waals surface area contributed by atoms with Gasteiger partial charge in [0.1, 0.15) is 5.82 Å². The highest BCUT2D eigenvalue weighted by Gasteiger charge is 2.52. The minimum absolute atomic E-state index is 0.389. The van der Waals surface area contributed by atoms with Gasteiger partial charge < -0.3 is 23.3 Å². The largest absolute Gasteiger partial charge is 0.496 e. The number of hydrogen-bond acceptors (Lipinski definition) is 5. The Morgan fingerprint density at radius 3 is 2.37 bits per heavy atom. The molecule has 0 spiro atoms. The number of ether oxygens (including phenoxy) is 1. The number of rotatable bonds is 4. The van der Waals surface area contributed by atoms with Crippen molar-refractivity contribution in [3.8, 4) is 6.07 Å². The van der Waals surface area contributed by atoms with Crippen LogP contribution in [0.5, 0.6) is 0 Å². The summed E-state index contributed by atoms with van der Waals surface area (Å²) in [7, 11) is -0.424. The fourth-order valence-electron chi connectivity index (χ4n) is 4.51. The van der Waals surface area contributed by atoms with Crippen LogP contribution in [0.25, 0.3) is 5.52 Å². The van der Waals surface area contributed by atoms with Crippen LogP contribution in [0.1, 0.15) is 58.6 Å². The summed E-state index contributed by atoms with van der Waals surface area (Å²) in [6.07, 6.45) is 4.11. The highest BCUT2D eigenvalue weighted by molar-refractivity contribution is 6.62. The maximum absolute atomic E-state index is 9.78. The van der Waals surface area contributed by atoms with Gasteiger partial charge in [-0.05, 0) is 66.5 Å². The third-order valence-corrected chi connectivity index (χ3v) is 7.02. The van der Waals surface area contributed by atoms with Crippen LogP contribution < -0.4 is 10.4 Å². The number of hydrogen-bond donors (Lipinski definition) is 0. The second-order valence-corrected chi connectivity index (χ2v) is 9.40. The van der Waals surface area contributed by atoms with Crippen molar-refractivity contribution in [2.75, 3.05) is 24.7 Å². The van der Waals surface area contributed by atoms with Gasteiger partial charge in [-0.2, -0.15) is 5.26 Å². The molecule has 2 aromatic heterocycles. The summed E-state index contributed by atoms with van der Waals surface area (Å²) in [4.78, 5) is 2.43. The van der Waals surface area contributed by atoms with E-state index in [2.05, 4.69) is 62.3 Å². The Hall–Kier alpha value is -2.01. The number of pyridine rings is 1. The van der Waals surface area contributed by atoms with Crippen molar-refractivity contribution in [3.05, 3.63) is 29.5 Å². The van der Waals surface area contributed by atoms with Gasteiger partial charge in [0.25, 0.3) is 0 Å². The molecule has 0 aliphatic carbocycles. The normalized spacial score (nSPS) is 21.2. The molecule has 0 atom stereocenters. The summed E-state index contributed by atoms with van der Waals surface area (Å²) < 4.78 is 20.3. The first-order chi connectivity index (χ1) is 14.2. The molecule has 0 N–H and O–H groups in total. The molecule has 2 aliphatic heterocycles. The molecule has 2 aromatic rings. The van der Waals surface area contributed by atoms with Crippen molar-refractivity contribution in [1.82, 2.24) is 4.40 Å². The number of anilines is 1. The van der Waals surface area contributed by atoms with Crippen molar-refractivity contribution >= 4 is 23.9 Å². The molecule has 0 bridgehead atoms. The van der Waals surface area contributed by atoms with E-state index >= 15 is 0 Å². The summed E-state index contributed by atoms with van der Waals surface area (Å²) in [6, 6.07) is 6.84. The van der Waals surface area contributed by atoms with Gasteiger partial charge in [0.15, 0.2) is 0 Å². The minimum Gasteiger partial charge on any atom is -0.399 e. The Bertz CT molecular complexity index is 970. The molecule has 2 fully saturated rings. The van der Waals surface area contributed by atoms with Gasteiger partial charge in [-0.25, -0.2) is 0 Å². The molecule has 0 aromatic carbocycles. The molecule has 30 heavy (non-hydrogen) atoms. The first kappa shape index (κ1) is 21.2. The lowest BCUT2D eigenvalue weighted by Crippen LogP contribution is -2.41. The molecular weight excluding hydrogens is 377 g/mol. The Morgan fingerprint density at radius 2 is 1.80 bits per heavy atom. The van der Waals surface area contributed by atoms with Crippen LogP contribution in [-0.4, -0.2) is 48.5 Å². The van der Waals surface area contributed by atoms with E-state index in [-0.39, 0.29) is 11.2 Å². The average molecular weight is 409 g/mol. The maximum atomic E-state index is 9.78. The molecule has 2 aliphatic rings. The van der Waals surface area contributed by atoms with Crippen LogP contribution >= 0.6 is 0 Å². The van der Waals surface area contributed by atoms with E-state index in [1.807, 2.05) is 13.0 Å². The zero-order chi connectivity index (χ0) is 21.7. The second kappa shape index (κ2) is 7.60. The van der Waals surface area contributed by atoms with Crippen LogP contribution in [0, 0.1) is 18.3 Å². The molecule has 4 heterocycles. The van der Waals surface area contributed by atoms with Crippen molar-refractivity contribution in [1.29, 1.82) is 5.26 Å². The van der Waals surface area contributed by atoms with Gasteiger partial charge in [0.2, 0.25) is 0 Å². The second-order valence-electron chi connectivity index (χ2n) is 9.40. The number of aromatic nitrogens is 1. The lowest BCUT2D eigenvalue weighted by molar-refractivity contribution is 0.00578. The van der Waals surface area contributed by atoms with Crippen molar-refractivity contribution in [2.45, 2.75) is 71.6 Å². The van der Waals surface area contributed by atoms with Gasteiger partial charge in [-0.3, -0.25) is 0 Å². The van der Waals surface area contributed by atoms with Gasteiger partial charge in [-0.1, -0.05) is 0 Å². The molecular formula is C23H32BN3O3. The predicted molar refractivity (Wildman–Crippen MR) is 119 cm³/mol. The van der Waals surface area contributed by atoms with Crippen molar-refractivity contribution < 1.29 is 14.0 Å². The third kappa shape index (κ3) is 3.41. The first-order valence-corrected chi connectivity index (χ1v) is 10.9. The minimum atomic E-state index is -0.424. The maximum Gasteiger partial charge on any atom is 0.496 e. The van der Waals surface area contributed by atoms with Crippen LogP contribution in [0.4, 0.5) is 5.82 Å². The molecule has 2 saturated heterocycles. The molecule has 6 nitrogen and oxygen atoms in total. The monoisotopic (exact) mass is 409 g/mol. The van der Waals surface area contributed by atoms with E-state index in [0.717, 1.165) is 55.0 Å². The highest BCUT2D eigenvalue weighted by Crippen LogP contribution is 2.37. The van der Waals surface area contributed by atoms with E-state index < -0.39 is 7.12 Å². The molecule has 0 unspecified atom stereocenters. The third-order valence-electron chi connectivity index (χ3n) is 7.02. The van der Waals surface area contributed by atoms with Crippen molar-refractivity contribution in [2.24, 2.45) is 0 Å². The van der Waals surface area contributed by atoms with Crippen molar-refractivity contribution in [3.63, 3.8) is 0 Å². The van der Waals surface area contributed by atoms with Crippen LogP contribution in [0.15, 0.2) is 18.3 Å². The van der Waals surface area contributed by atoms with E-state index in [9.17, 15) is 5.26 Å². The Balaban J connectivity index is 1.82. The fourth-order valence-corrected chi connectivity index (χ4v) is 4.51. The van der Waals surface area contributed by atoms with Gasteiger partial charge >= 0.3 is 7.12 Å². The van der Waals surface area contributed by atoms with Gasteiger partial charge in [0.05, 0.1) is 22.8 Å². The summed E-state index contributed by atoms with van der Waals surface area (Å²) in [6.45, 7) is 14.9. The predicted octanol–water partition coefficient (Wildman–Crippen LogP) is 3.42.